The van der Waals surface area contributed by atoms with Crippen LogP contribution in [0.4, 0.5) is 0 Å². The van der Waals surface area contributed by atoms with Crippen molar-refractivity contribution in [1.82, 2.24) is 30.7 Å². The van der Waals surface area contributed by atoms with Crippen molar-refractivity contribution >= 4 is 0 Å². The number of rotatable bonds is 8. The van der Waals surface area contributed by atoms with Gasteiger partial charge in [-0.05, 0) is 123 Å². The summed E-state index contributed by atoms with van der Waals surface area (Å²) in [6, 6.07) is 2.37. The molecule has 39 heavy (non-hydrogen) atoms. The van der Waals surface area contributed by atoms with E-state index in [2.05, 4.69) is 44.5 Å². The van der Waals surface area contributed by atoms with E-state index in [1.165, 1.54) is 181 Å². The Labute approximate surface area is 248 Å². The predicted octanol–water partition coefficient (Wildman–Crippen LogP) is 5.83. The third-order valence-corrected chi connectivity index (χ3v) is 9.71. The van der Waals surface area contributed by atoms with Crippen LogP contribution in [0.25, 0.3) is 0 Å². The highest BCUT2D eigenvalue weighted by molar-refractivity contribution is 4.80. The van der Waals surface area contributed by atoms with E-state index < -0.39 is 0 Å². The fourth-order valence-electron chi connectivity index (χ4n) is 7.15. The van der Waals surface area contributed by atoms with Crippen molar-refractivity contribution in [1.29, 1.82) is 0 Å². The molecule has 5 heterocycles. The summed E-state index contributed by atoms with van der Waals surface area (Å²) in [6.07, 6.45) is 22.8. The Hall–Kier alpha value is -0.240. The van der Waals surface area contributed by atoms with Gasteiger partial charge in [-0.1, -0.05) is 52.4 Å². The summed E-state index contributed by atoms with van der Waals surface area (Å²) in [5, 5.41) is 10.7. The minimum atomic E-state index is 0. The van der Waals surface area contributed by atoms with Gasteiger partial charge in [-0.15, -0.1) is 0 Å². The Morgan fingerprint density at radius 1 is 0.513 bits per heavy atom. The Morgan fingerprint density at radius 3 is 1.21 bits per heavy atom. The SMILES string of the molecule is C1CCCN(C[C@@H]2CCCN2)CCC1.C1CCCN(C[C@@H]2CCCN2)CCC1.CCN(CC)C[C@@H]1CCCN1.[HH].[HH].[HH]. The summed E-state index contributed by atoms with van der Waals surface area (Å²) < 4.78 is 0. The van der Waals surface area contributed by atoms with Crippen molar-refractivity contribution in [2.45, 2.75) is 135 Å². The number of hydrogen-bond acceptors (Lipinski definition) is 6. The lowest BCUT2D eigenvalue weighted by atomic mass is 10.1. The Kier molecular flexibility index (Phi) is 18.3. The molecular weight excluding hydrogens is 480 g/mol. The summed E-state index contributed by atoms with van der Waals surface area (Å²) in [6.45, 7) is 19.8. The molecule has 0 aromatic rings. The lowest BCUT2D eigenvalue weighted by Crippen LogP contribution is -2.39. The molecule has 0 bridgehead atoms. The van der Waals surface area contributed by atoms with E-state index in [1.54, 1.807) is 0 Å². The van der Waals surface area contributed by atoms with Gasteiger partial charge in [-0.25, -0.2) is 0 Å². The van der Waals surface area contributed by atoms with Crippen LogP contribution in [-0.2, 0) is 0 Å². The van der Waals surface area contributed by atoms with Crippen LogP contribution < -0.4 is 16.0 Å². The standard InChI is InChI=1S/2C12H24N2.C9H20N2.3H2/c2*1-2-4-9-14(10-5-3-1)11-12-7-6-8-13-12;1-3-11(4-2)8-9-6-5-7-10-9;;;/h2*12-13H,1-11H2;9-10H,3-8H2,1-2H3;3*1H/t2*12-;9-;;;/m000.../s1. The molecule has 6 heteroatoms. The topological polar surface area (TPSA) is 45.8 Å². The molecule has 5 rings (SSSR count). The fourth-order valence-corrected chi connectivity index (χ4v) is 7.15. The second-order valence-corrected chi connectivity index (χ2v) is 13.0. The molecule has 0 amide bonds. The third kappa shape index (κ3) is 15.0. The van der Waals surface area contributed by atoms with Crippen LogP contribution in [-0.4, -0.2) is 111 Å². The molecule has 0 spiro atoms. The van der Waals surface area contributed by atoms with Gasteiger partial charge in [0.25, 0.3) is 0 Å². The normalized spacial score (nSPS) is 29.5. The Bertz CT molecular complexity index is 516. The molecular formula is C33H74N6. The summed E-state index contributed by atoms with van der Waals surface area (Å²) in [7, 11) is 0. The zero-order chi connectivity index (χ0) is 27.4. The summed E-state index contributed by atoms with van der Waals surface area (Å²) in [5.41, 5.74) is 0. The highest BCUT2D eigenvalue weighted by Gasteiger charge is 2.19. The largest absolute Gasteiger partial charge is 0.313 e. The van der Waals surface area contributed by atoms with Crippen molar-refractivity contribution in [2.24, 2.45) is 0 Å². The molecule has 5 saturated heterocycles. The summed E-state index contributed by atoms with van der Waals surface area (Å²) in [4.78, 5) is 7.85. The maximum atomic E-state index is 3.60. The molecule has 236 valence electrons. The number of hydrogen-bond donors (Lipinski definition) is 3. The molecule has 5 aliphatic rings. The first kappa shape index (κ1) is 33.3. The lowest BCUT2D eigenvalue weighted by Gasteiger charge is -2.27. The second kappa shape index (κ2) is 21.5. The van der Waals surface area contributed by atoms with Gasteiger partial charge >= 0.3 is 0 Å². The van der Waals surface area contributed by atoms with E-state index in [1.807, 2.05) is 0 Å². The first-order chi connectivity index (χ1) is 19.3. The number of likely N-dealkylation sites (N-methyl/N-ethyl adjacent to an activating group) is 1. The summed E-state index contributed by atoms with van der Waals surface area (Å²) in [5.74, 6) is 0. The lowest BCUT2D eigenvalue weighted by molar-refractivity contribution is 0.227. The maximum absolute atomic E-state index is 3.60. The van der Waals surface area contributed by atoms with Crippen LogP contribution in [0.3, 0.4) is 0 Å². The average molecular weight is 555 g/mol. The second-order valence-electron chi connectivity index (χ2n) is 13.0. The van der Waals surface area contributed by atoms with Crippen molar-refractivity contribution in [3.63, 3.8) is 0 Å². The quantitative estimate of drug-likeness (QED) is 0.351. The van der Waals surface area contributed by atoms with Gasteiger partial charge in [0.15, 0.2) is 0 Å². The van der Waals surface area contributed by atoms with Crippen molar-refractivity contribution in [2.75, 3.05) is 78.5 Å². The molecule has 0 radical (unpaired) electrons. The zero-order valence-electron chi connectivity index (χ0n) is 26.4. The molecule has 0 aromatic heterocycles. The maximum Gasteiger partial charge on any atom is 0.0195 e. The van der Waals surface area contributed by atoms with Gasteiger partial charge in [0.05, 0.1) is 0 Å². The minimum Gasteiger partial charge on any atom is -0.313 e. The van der Waals surface area contributed by atoms with Gasteiger partial charge in [0.2, 0.25) is 0 Å². The average Bonchev–Trinajstić information content (AvgIpc) is 3.71. The van der Waals surface area contributed by atoms with E-state index in [0.29, 0.717) is 0 Å². The smallest absolute Gasteiger partial charge is 0.0195 e. The van der Waals surface area contributed by atoms with E-state index in [0.717, 1.165) is 18.1 Å². The molecule has 0 aliphatic carbocycles. The van der Waals surface area contributed by atoms with E-state index in [4.69, 9.17) is 0 Å². The Morgan fingerprint density at radius 2 is 0.872 bits per heavy atom. The van der Waals surface area contributed by atoms with Gasteiger partial charge in [0.1, 0.15) is 0 Å². The highest BCUT2D eigenvalue weighted by Crippen LogP contribution is 2.14. The molecule has 3 N–H and O–H groups in total. The third-order valence-electron chi connectivity index (χ3n) is 9.71. The van der Waals surface area contributed by atoms with Gasteiger partial charge in [-0.2, -0.15) is 0 Å². The van der Waals surface area contributed by atoms with Gasteiger partial charge in [0, 0.05) is 42.0 Å². The van der Waals surface area contributed by atoms with Crippen LogP contribution in [0.5, 0.6) is 0 Å². The first-order valence-electron chi connectivity index (χ1n) is 17.6. The number of nitrogens with zero attached hydrogens (tertiary/aromatic N) is 3. The van der Waals surface area contributed by atoms with Gasteiger partial charge in [-0.3, -0.25) is 0 Å². The van der Waals surface area contributed by atoms with Gasteiger partial charge < -0.3 is 30.7 Å². The fraction of sp³-hybridized carbons (Fsp3) is 1.00. The van der Waals surface area contributed by atoms with Crippen LogP contribution in [0.15, 0.2) is 0 Å². The highest BCUT2D eigenvalue weighted by atomic mass is 15.2. The molecule has 0 saturated carbocycles. The predicted molar refractivity (Wildman–Crippen MR) is 176 cm³/mol. The van der Waals surface area contributed by atoms with Crippen LogP contribution >= 0.6 is 0 Å². The molecule has 0 aromatic carbocycles. The number of likely N-dealkylation sites (tertiary alicyclic amines) is 2. The van der Waals surface area contributed by atoms with Crippen LogP contribution in [0.1, 0.15) is 121 Å². The monoisotopic (exact) mass is 555 g/mol. The van der Waals surface area contributed by atoms with E-state index >= 15 is 0 Å². The molecule has 3 atom stereocenters. The van der Waals surface area contributed by atoms with E-state index in [9.17, 15) is 0 Å². The summed E-state index contributed by atoms with van der Waals surface area (Å²) >= 11 is 0. The molecule has 5 aliphatic heterocycles. The molecule has 0 unspecified atom stereocenters. The zero-order valence-corrected chi connectivity index (χ0v) is 26.4. The van der Waals surface area contributed by atoms with Crippen molar-refractivity contribution < 1.29 is 4.28 Å². The van der Waals surface area contributed by atoms with Crippen molar-refractivity contribution in [3.8, 4) is 0 Å². The molecule has 6 nitrogen and oxygen atoms in total. The van der Waals surface area contributed by atoms with E-state index in [-0.39, 0.29) is 4.28 Å². The van der Waals surface area contributed by atoms with Crippen LogP contribution in [0.2, 0.25) is 0 Å². The van der Waals surface area contributed by atoms with Crippen LogP contribution in [0, 0.1) is 0 Å². The Balaban J connectivity index is 0.000000585. The number of nitrogens with one attached hydrogen (secondary N) is 3. The minimum absolute atomic E-state index is 0. The first-order valence-corrected chi connectivity index (χ1v) is 17.6. The molecule has 5 fully saturated rings. The van der Waals surface area contributed by atoms with Crippen molar-refractivity contribution in [3.05, 3.63) is 0 Å².